The van der Waals surface area contributed by atoms with Crippen LogP contribution in [0.4, 0.5) is 0 Å². The van der Waals surface area contributed by atoms with Crippen LogP contribution in [-0.2, 0) is 16.1 Å². The molecule has 0 saturated heterocycles. The number of fused-ring (bicyclic) bond motifs is 2. The summed E-state index contributed by atoms with van der Waals surface area (Å²) in [6, 6.07) is 13.6. The van der Waals surface area contributed by atoms with Gasteiger partial charge >= 0.3 is 0 Å². The maximum absolute atomic E-state index is 13.0. The third-order valence-corrected chi connectivity index (χ3v) is 6.44. The number of amides is 2. The lowest BCUT2D eigenvalue weighted by Crippen LogP contribution is -2.22. The monoisotopic (exact) mass is 504 g/mol. The molecule has 1 aliphatic rings. The van der Waals surface area contributed by atoms with Crippen LogP contribution in [0.25, 0.3) is 33.0 Å². The highest BCUT2D eigenvalue weighted by molar-refractivity contribution is 9.10. The predicted octanol–water partition coefficient (Wildman–Crippen LogP) is 4.95. The van der Waals surface area contributed by atoms with Crippen molar-refractivity contribution in [3.05, 3.63) is 70.5 Å². The second-order valence-electron chi connectivity index (χ2n) is 7.48. The molecule has 0 aliphatic carbocycles. The molecule has 1 aliphatic heterocycles. The Kier molecular flexibility index (Phi) is 5.35. The number of nitrogens with zero attached hydrogens (tertiary/aromatic N) is 2. The molecule has 2 amide bonds. The fraction of sp³-hybridized carbons (Fsp3) is 0.125. The molecule has 6 nitrogen and oxygen atoms in total. The van der Waals surface area contributed by atoms with Crippen molar-refractivity contribution in [3.63, 3.8) is 0 Å². The van der Waals surface area contributed by atoms with Gasteiger partial charge in [-0.05, 0) is 36.8 Å². The quantitative estimate of drug-likeness (QED) is 0.169. The Labute approximate surface area is 197 Å². The number of aromatic amines is 1. The van der Waals surface area contributed by atoms with Crippen LogP contribution in [0, 0.1) is 0 Å². The van der Waals surface area contributed by atoms with Crippen molar-refractivity contribution in [2.75, 3.05) is 6.54 Å². The van der Waals surface area contributed by atoms with Gasteiger partial charge in [0.25, 0.3) is 11.8 Å². The number of halogens is 1. The van der Waals surface area contributed by atoms with Gasteiger partial charge in [-0.1, -0.05) is 40.2 Å². The third kappa shape index (κ3) is 3.33. The van der Waals surface area contributed by atoms with Gasteiger partial charge in [0, 0.05) is 56.3 Å². The topological polar surface area (TPSA) is 79.2 Å². The molecule has 0 unspecified atom stereocenters. The van der Waals surface area contributed by atoms with Crippen molar-refractivity contribution < 1.29 is 9.59 Å². The van der Waals surface area contributed by atoms with Gasteiger partial charge in [0.1, 0.15) is 0 Å². The molecule has 0 atom stereocenters. The van der Waals surface area contributed by atoms with Gasteiger partial charge < -0.3 is 9.55 Å². The smallest absolute Gasteiger partial charge is 0.259 e. The van der Waals surface area contributed by atoms with Crippen molar-refractivity contribution in [2.24, 2.45) is 4.99 Å². The van der Waals surface area contributed by atoms with Crippen LogP contribution in [0.2, 0.25) is 0 Å². The summed E-state index contributed by atoms with van der Waals surface area (Å²) in [6.45, 7) is 1.27. The molecule has 3 heterocycles. The first-order valence-electron chi connectivity index (χ1n) is 10.1. The van der Waals surface area contributed by atoms with Crippen LogP contribution in [-0.4, -0.2) is 33.1 Å². The first-order valence-corrected chi connectivity index (χ1v) is 11.3. The van der Waals surface area contributed by atoms with E-state index in [2.05, 4.69) is 53.2 Å². The minimum absolute atomic E-state index is 0.382. The zero-order chi connectivity index (χ0) is 22.2. The number of aliphatic imine (C=N–C) groups is 1. The fourth-order valence-electron chi connectivity index (χ4n) is 4.30. The normalized spacial score (nSPS) is 13.8. The number of para-hydroxylation sites is 1. The number of benzene rings is 2. The molecule has 2 aromatic heterocycles. The number of hydrogen-bond acceptors (Lipinski definition) is 4. The highest BCUT2D eigenvalue weighted by atomic mass is 79.9. The molecule has 0 spiro atoms. The Bertz CT molecular complexity index is 1490. The number of carbonyl (C=O) groups is 2. The van der Waals surface area contributed by atoms with E-state index >= 15 is 0 Å². The average Bonchev–Trinajstić information content (AvgIpc) is 3.45. The summed E-state index contributed by atoms with van der Waals surface area (Å²) in [5, 5.41) is 6.67. The van der Waals surface area contributed by atoms with E-state index in [1.54, 1.807) is 6.20 Å². The predicted molar refractivity (Wildman–Crippen MR) is 132 cm³/mol. The largest absolute Gasteiger partial charge is 0.361 e. The Morgan fingerprint density at radius 2 is 1.81 bits per heavy atom. The Morgan fingerprint density at radius 1 is 1.03 bits per heavy atom. The zero-order valence-corrected chi connectivity index (χ0v) is 19.2. The number of aryl methyl sites for hydroxylation is 1. The van der Waals surface area contributed by atoms with Crippen LogP contribution in [0.15, 0.2) is 64.3 Å². The number of nitrogens with one attached hydrogen (secondary N) is 2. The summed E-state index contributed by atoms with van der Waals surface area (Å²) < 4.78 is 2.95. The maximum atomic E-state index is 13.0. The molecule has 0 fully saturated rings. The molecule has 158 valence electrons. The average molecular weight is 505 g/mol. The van der Waals surface area contributed by atoms with E-state index in [1.165, 1.54) is 0 Å². The van der Waals surface area contributed by atoms with Crippen molar-refractivity contribution >= 4 is 78.1 Å². The highest BCUT2D eigenvalue weighted by Crippen LogP contribution is 2.40. The third-order valence-electron chi connectivity index (χ3n) is 5.65. The number of hydrogen-bond donors (Lipinski definition) is 2. The van der Waals surface area contributed by atoms with E-state index in [9.17, 15) is 9.59 Å². The molecule has 0 saturated carbocycles. The van der Waals surface area contributed by atoms with E-state index < -0.39 is 11.8 Å². The van der Waals surface area contributed by atoms with Crippen LogP contribution < -0.4 is 5.32 Å². The van der Waals surface area contributed by atoms with E-state index in [-0.39, 0.29) is 0 Å². The van der Waals surface area contributed by atoms with Gasteiger partial charge in [0.15, 0.2) is 0 Å². The van der Waals surface area contributed by atoms with Crippen molar-refractivity contribution in [3.8, 4) is 0 Å². The number of isothiocyanates is 1. The summed E-state index contributed by atoms with van der Waals surface area (Å²) in [7, 11) is 0. The minimum atomic E-state index is -0.393. The van der Waals surface area contributed by atoms with Gasteiger partial charge in [0.2, 0.25) is 0 Å². The zero-order valence-electron chi connectivity index (χ0n) is 16.8. The number of rotatable bonds is 6. The van der Waals surface area contributed by atoms with Gasteiger partial charge in [-0.3, -0.25) is 14.9 Å². The Hall–Kier alpha value is -3.32. The van der Waals surface area contributed by atoms with Crippen LogP contribution in [0.5, 0.6) is 0 Å². The summed E-state index contributed by atoms with van der Waals surface area (Å²) >= 11 is 8.29. The van der Waals surface area contributed by atoms with Crippen LogP contribution in [0.3, 0.4) is 0 Å². The lowest BCUT2D eigenvalue weighted by Gasteiger charge is -2.04. The Balaban J connectivity index is 1.74. The summed E-state index contributed by atoms with van der Waals surface area (Å²) in [5.74, 6) is -0.784. The van der Waals surface area contributed by atoms with Crippen LogP contribution in [0.1, 0.15) is 17.5 Å². The van der Waals surface area contributed by atoms with Gasteiger partial charge in [-0.25, -0.2) is 4.99 Å². The second-order valence-corrected chi connectivity index (χ2v) is 8.51. The lowest BCUT2D eigenvalue weighted by molar-refractivity contribution is -0.122. The molecule has 5 rings (SSSR count). The van der Waals surface area contributed by atoms with E-state index in [0.29, 0.717) is 29.8 Å². The lowest BCUT2D eigenvalue weighted by atomic mass is 9.95. The van der Waals surface area contributed by atoms with E-state index in [4.69, 9.17) is 0 Å². The summed E-state index contributed by atoms with van der Waals surface area (Å²) in [5.41, 5.74) is 4.07. The Morgan fingerprint density at radius 3 is 2.62 bits per heavy atom. The van der Waals surface area contributed by atoms with E-state index in [1.807, 2.05) is 48.7 Å². The minimum Gasteiger partial charge on any atom is -0.361 e. The first-order chi connectivity index (χ1) is 15.6. The fourth-order valence-corrected chi connectivity index (χ4v) is 4.96. The molecular formula is C24H17BrN4O2S. The number of thiocarbonyl (C=S) groups is 1. The summed E-state index contributed by atoms with van der Waals surface area (Å²) in [4.78, 5) is 33.1. The molecule has 32 heavy (non-hydrogen) atoms. The van der Waals surface area contributed by atoms with Crippen molar-refractivity contribution in [1.29, 1.82) is 0 Å². The molecular weight excluding hydrogens is 488 g/mol. The SMILES string of the molecule is O=C1NC(=O)C(c2cn(CCCN=C=S)c3cccc(Br)c23)=C1c1c[nH]c2ccccc12. The van der Waals surface area contributed by atoms with Gasteiger partial charge in [-0.15, -0.1) is 0 Å². The standard InChI is InChI=1S/C24H17BrN4O2S/c25-17-6-3-8-19-20(17)16(12-29(19)10-4-9-26-13-32)22-21(23(30)28-24(22)31)15-11-27-18-7-2-1-5-14(15)18/h1-3,5-8,11-12,27H,4,9-10H2,(H,28,30,31). The molecule has 8 heteroatoms. The van der Waals surface area contributed by atoms with Gasteiger partial charge in [-0.2, -0.15) is 0 Å². The van der Waals surface area contributed by atoms with Crippen molar-refractivity contribution in [1.82, 2.24) is 14.9 Å². The second kappa shape index (κ2) is 8.31. The van der Waals surface area contributed by atoms with E-state index in [0.717, 1.165) is 38.3 Å². The number of aromatic nitrogens is 2. The van der Waals surface area contributed by atoms with Crippen molar-refractivity contribution in [2.45, 2.75) is 13.0 Å². The number of H-pyrrole nitrogens is 1. The van der Waals surface area contributed by atoms with Gasteiger partial charge in [0.05, 0.1) is 22.9 Å². The molecule has 0 bridgehead atoms. The number of imide groups is 1. The number of carbonyl (C=O) groups excluding carboxylic acids is 2. The van der Waals surface area contributed by atoms with Crippen LogP contribution >= 0.6 is 28.1 Å². The summed E-state index contributed by atoms with van der Waals surface area (Å²) in [6.07, 6.45) is 4.51. The maximum Gasteiger partial charge on any atom is 0.259 e. The molecule has 2 aromatic carbocycles. The molecule has 2 N–H and O–H groups in total. The molecule has 4 aromatic rings. The first kappa shape index (κ1) is 20.6. The highest BCUT2D eigenvalue weighted by Gasteiger charge is 2.35. The molecule has 0 radical (unpaired) electrons.